The third-order valence-electron chi connectivity index (χ3n) is 6.99. The predicted molar refractivity (Wildman–Crippen MR) is 156 cm³/mol. The molecule has 1 atom stereocenters. The minimum atomic E-state index is -1.04. The van der Waals surface area contributed by atoms with E-state index in [1.807, 2.05) is 30.3 Å². The molecule has 0 saturated carbocycles. The zero-order valence-corrected chi connectivity index (χ0v) is 23.6. The smallest absolute Gasteiger partial charge is 0.301 e. The molecule has 212 valence electrons. The molecule has 0 bridgehead atoms. The summed E-state index contributed by atoms with van der Waals surface area (Å²) in [4.78, 5) is 45.5. The molecule has 0 spiro atoms. The van der Waals surface area contributed by atoms with Gasteiger partial charge in [-0.2, -0.15) is 0 Å². The van der Waals surface area contributed by atoms with Crippen molar-refractivity contribution < 1.29 is 33.7 Å². The lowest BCUT2D eigenvalue weighted by Gasteiger charge is -2.24. The minimum absolute atomic E-state index is 0.117. The van der Waals surface area contributed by atoms with Gasteiger partial charge in [-0.1, -0.05) is 53.8 Å². The number of hydrogen-bond donors (Lipinski definition) is 1. The lowest BCUT2D eigenvalue weighted by atomic mass is 9.95. The molecule has 1 aromatic heterocycles. The van der Waals surface area contributed by atoms with E-state index >= 15 is 0 Å². The maximum Gasteiger partial charge on any atom is 0.301 e. The van der Waals surface area contributed by atoms with Crippen molar-refractivity contribution in [1.29, 1.82) is 0 Å². The van der Waals surface area contributed by atoms with Crippen molar-refractivity contribution in [3.8, 4) is 17.2 Å². The van der Waals surface area contributed by atoms with Gasteiger partial charge in [0, 0.05) is 12.5 Å². The van der Waals surface area contributed by atoms with Gasteiger partial charge < -0.3 is 19.3 Å². The van der Waals surface area contributed by atoms with Gasteiger partial charge in [0.2, 0.25) is 0 Å². The number of ketones is 2. The van der Waals surface area contributed by atoms with E-state index in [4.69, 9.17) is 14.2 Å². The number of anilines is 1. The van der Waals surface area contributed by atoms with E-state index in [9.17, 15) is 19.5 Å². The van der Waals surface area contributed by atoms with Gasteiger partial charge in [0.25, 0.3) is 5.78 Å². The van der Waals surface area contributed by atoms with Crippen LogP contribution in [0, 0.1) is 6.92 Å². The Labute approximate surface area is 245 Å². The van der Waals surface area contributed by atoms with Crippen LogP contribution in [-0.4, -0.2) is 40.8 Å². The monoisotopic (exact) mass is 582 g/mol. The highest BCUT2D eigenvalue weighted by Crippen LogP contribution is 2.45. The number of amides is 1. The summed E-state index contributed by atoms with van der Waals surface area (Å²) < 4.78 is 17.3. The molecule has 1 N–H and O–H groups in total. The third kappa shape index (κ3) is 5.01. The molecule has 1 amide bonds. The lowest BCUT2D eigenvalue weighted by molar-refractivity contribution is -0.132. The van der Waals surface area contributed by atoms with E-state index in [1.165, 1.54) is 11.8 Å². The van der Waals surface area contributed by atoms with Gasteiger partial charge in [-0.25, -0.2) is 4.98 Å². The number of benzene rings is 3. The van der Waals surface area contributed by atoms with Crippen LogP contribution in [0.4, 0.5) is 5.13 Å². The van der Waals surface area contributed by atoms with E-state index in [-0.39, 0.29) is 22.2 Å². The van der Waals surface area contributed by atoms with Gasteiger partial charge in [-0.15, -0.1) is 0 Å². The second kappa shape index (κ2) is 11.1. The molecule has 10 heteroatoms. The van der Waals surface area contributed by atoms with Crippen molar-refractivity contribution in [2.45, 2.75) is 26.5 Å². The van der Waals surface area contributed by atoms with Gasteiger partial charge in [-0.05, 0) is 48.4 Å². The number of hydrogen-bond acceptors (Lipinski definition) is 9. The fraction of sp³-hybridized carbons (Fsp3) is 0.188. The largest absolute Gasteiger partial charge is 0.507 e. The molecule has 1 unspecified atom stereocenters. The Morgan fingerprint density at radius 2 is 1.79 bits per heavy atom. The van der Waals surface area contributed by atoms with Crippen LogP contribution in [0.2, 0.25) is 0 Å². The molecule has 4 aromatic rings. The Bertz CT molecular complexity index is 1740. The third-order valence-corrected chi connectivity index (χ3v) is 8.25. The van der Waals surface area contributed by atoms with Crippen molar-refractivity contribution in [3.05, 3.63) is 106 Å². The van der Waals surface area contributed by atoms with Crippen molar-refractivity contribution in [1.82, 2.24) is 4.98 Å². The minimum Gasteiger partial charge on any atom is -0.507 e. The Balaban J connectivity index is 1.46. The number of thiazole rings is 1. The number of Topliss-reactive ketones (excluding diaryl/α,β-unsaturated/α-hetero) is 2. The van der Waals surface area contributed by atoms with Crippen molar-refractivity contribution >= 4 is 39.7 Å². The molecule has 0 aliphatic carbocycles. The van der Waals surface area contributed by atoms with Crippen LogP contribution in [0.15, 0.2) is 78.4 Å². The summed E-state index contributed by atoms with van der Waals surface area (Å²) in [5.41, 5.74) is 2.13. The summed E-state index contributed by atoms with van der Waals surface area (Å²) in [6, 6.07) is 20.5. The van der Waals surface area contributed by atoms with E-state index in [0.29, 0.717) is 58.8 Å². The highest BCUT2D eigenvalue weighted by atomic mass is 32.1. The van der Waals surface area contributed by atoms with Crippen LogP contribution < -0.4 is 19.1 Å². The number of aliphatic hydroxyl groups is 1. The second-order valence-electron chi connectivity index (χ2n) is 9.84. The number of carbonyl (C=O) groups is 3. The first-order chi connectivity index (χ1) is 20.3. The molecule has 9 nitrogen and oxygen atoms in total. The lowest BCUT2D eigenvalue weighted by Crippen LogP contribution is -2.29. The van der Waals surface area contributed by atoms with Crippen molar-refractivity contribution in [3.63, 3.8) is 0 Å². The fourth-order valence-electron chi connectivity index (χ4n) is 5.02. The van der Waals surface area contributed by atoms with Gasteiger partial charge in [0.05, 0.1) is 22.2 Å². The molecular formula is C32H26N2O7S. The van der Waals surface area contributed by atoms with Crippen molar-refractivity contribution in [2.75, 3.05) is 18.1 Å². The number of ether oxygens (including phenoxy) is 3. The van der Waals surface area contributed by atoms with Gasteiger partial charge in [0.1, 0.15) is 31.3 Å². The van der Waals surface area contributed by atoms with Crippen LogP contribution in [0.3, 0.4) is 0 Å². The number of aryl methyl sites for hydroxylation is 1. The van der Waals surface area contributed by atoms with E-state index < -0.39 is 17.7 Å². The molecule has 6 rings (SSSR count). The van der Waals surface area contributed by atoms with Crippen LogP contribution in [0.5, 0.6) is 17.2 Å². The van der Waals surface area contributed by atoms with Crippen LogP contribution >= 0.6 is 11.3 Å². The number of rotatable bonds is 7. The Morgan fingerprint density at radius 3 is 2.52 bits per heavy atom. The predicted octanol–water partition coefficient (Wildman–Crippen LogP) is 5.63. The average molecular weight is 583 g/mol. The summed E-state index contributed by atoms with van der Waals surface area (Å²) in [5, 5.41) is 11.7. The number of aliphatic hydroxyl groups excluding tert-OH is 1. The highest BCUT2D eigenvalue weighted by molar-refractivity contribution is 7.18. The molecule has 1 fully saturated rings. The molecule has 42 heavy (non-hydrogen) atoms. The maximum absolute atomic E-state index is 13.6. The quantitative estimate of drug-likeness (QED) is 0.129. The molecule has 3 aromatic carbocycles. The summed E-state index contributed by atoms with van der Waals surface area (Å²) >= 11 is 1.03. The number of nitrogens with zero attached hydrogens (tertiary/aromatic N) is 2. The van der Waals surface area contributed by atoms with Gasteiger partial charge >= 0.3 is 5.91 Å². The first kappa shape index (κ1) is 27.2. The Kier molecular flexibility index (Phi) is 7.22. The summed E-state index contributed by atoms with van der Waals surface area (Å²) in [5.74, 6) is -0.840. The molecule has 0 radical (unpaired) electrons. The van der Waals surface area contributed by atoms with Crippen molar-refractivity contribution in [2.24, 2.45) is 0 Å². The molecular weight excluding hydrogens is 556 g/mol. The molecule has 2 aliphatic rings. The number of fused-ring (bicyclic) bond motifs is 1. The standard InChI is InChI=1S/C32H26N2O7S/c1-18-30(19(2)35)42-32(33-18)34-27(21-9-6-10-23(15-21)41-17-20-7-4-3-5-8-20)26(29(37)31(34)38)28(36)22-11-12-24-25(16-22)40-14-13-39-24/h3-12,15-16,27,36H,13-14,17H2,1-2H3/b28-26-. The zero-order chi connectivity index (χ0) is 29.4. The van der Waals surface area contributed by atoms with Crippen LogP contribution in [0.25, 0.3) is 5.76 Å². The van der Waals surface area contributed by atoms with Gasteiger partial charge in [-0.3, -0.25) is 19.3 Å². The second-order valence-corrected chi connectivity index (χ2v) is 10.8. The first-order valence-corrected chi connectivity index (χ1v) is 14.1. The normalized spacial score (nSPS) is 17.4. The summed E-state index contributed by atoms with van der Waals surface area (Å²) in [7, 11) is 0. The number of carbonyl (C=O) groups excluding carboxylic acids is 3. The summed E-state index contributed by atoms with van der Waals surface area (Å²) in [6.07, 6.45) is 0. The van der Waals surface area contributed by atoms with Gasteiger partial charge in [0.15, 0.2) is 22.4 Å². The van der Waals surface area contributed by atoms with E-state index in [2.05, 4.69) is 4.98 Å². The molecule has 1 saturated heterocycles. The highest BCUT2D eigenvalue weighted by Gasteiger charge is 2.48. The average Bonchev–Trinajstić information content (AvgIpc) is 3.52. The van der Waals surface area contributed by atoms with Crippen LogP contribution in [-0.2, 0) is 16.2 Å². The van der Waals surface area contributed by atoms with Crippen LogP contribution in [0.1, 0.15) is 45.0 Å². The molecule has 3 heterocycles. The molecule has 2 aliphatic heterocycles. The summed E-state index contributed by atoms with van der Waals surface area (Å²) in [6.45, 7) is 4.16. The fourth-order valence-corrected chi connectivity index (χ4v) is 6.01. The topological polar surface area (TPSA) is 115 Å². The Morgan fingerprint density at radius 1 is 1.02 bits per heavy atom. The van der Waals surface area contributed by atoms with E-state index in [0.717, 1.165) is 16.9 Å². The maximum atomic E-state index is 13.6. The van der Waals surface area contributed by atoms with E-state index in [1.54, 1.807) is 49.4 Å². The SMILES string of the molecule is CC(=O)c1sc(N2C(=O)C(=O)/C(=C(\O)c3ccc4c(c3)OCCO4)C2c2cccc(OCc3ccccc3)c2)nc1C. The number of aromatic nitrogens is 1. The zero-order valence-electron chi connectivity index (χ0n) is 22.8. The Hall–Kier alpha value is -4.96. The first-order valence-electron chi connectivity index (χ1n) is 13.3.